The quantitative estimate of drug-likeness (QED) is 0.869. The molecule has 1 unspecified atom stereocenters. The fourth-order valence-electron chi connectivity index (χ4n) is 3.55. The molecule has 1 saturated heterocycles. The summed E-state index contributed by atoms with van der Waals surface area (Å²) >= 11 is 0. The maximum Gasteiger partial charge on any atom is 0.407 e. The van der Waals surface area contributed by atoms with Crippen LogP contribution in [0.4, 0.5) is 4.79 Å². The van der Waals surface area contributed by atoms with Crippen molar-refractivity contribution in [3.05, 3.63) is 0 Å². The highest BCUT2D eigenvalue weighted by molar-refractivity contribution is 5.68. The van der Waals surface area contributed by atoms with Gasteiger partial charge in [-0.15, -0.1) is 0 Å². The summed E-state index contributed by atoms with van der Waals surface area (Å²) in [6.07, 6.45) is 4.32. The number of carbonyl (C=O) groups is 1. The number of carbonyl (C=O) groups excluding carboxylic acids is 1. The molecule has 0 aromatic rings. The molecule has 1 heterocycles. The van der Waals surface area contributed by atoms with Gasteiger partial charge in [0.25, 0.3) is 0 Å². The van der Waals surface area contributed by atoms with E-state index in [1.165, 1.54) is 25.9 Å². The minimum atomic E-state index is -0.422. The van der Waals surface area contributed by atoms with E-state index in [9.17, 15) is 4.79 Å². The third kappa shape index (κ3) is 5.43. The Hall–Kier alpha value is -0.810. The van der Waals surface area contributed by atoms with Gasteiger partial charge < -0.3 is 15.0 Å². The van der Waals surface area contributed by atoms with Crippen molar-refractivity contribution < 1.29 is 9.53 Å². The number of amides is 1. The summed E-state index contributed by atoms with van der Waals surface area (Å²) in [5.74, 6) is 0. The maximum absolute atomic E-state index is 11.9. The average Bonchev–Trinajstić information content (AvgIpc) is 2.45. The van der Waals surface area contributed by atoms with Crippen molar-refractivity contribution >= 4 is 6.09 Å². The Balaban J connectivity index is 1.78. The van der Waals surface area contributed by atoms with Crippen LogP contribution in [0.25, 0.3) is 0 Å². The molecular weight excluding hydrogens is 278 g/mol. The largest absolute Gasteiger partial charge is 0.444 e. The van der Waals surface area contributed by atoms with Gasteiger partial charge in [0.1, 0.15) is 5.60 Å². The molecule has 1 aliphatic heterocycles. The van der Waals surface area contributed by atoms with Gasteiger partial charge in [-0.2, -0.15) is 0 Å². The summed E-state index contributed by atoms with van der Waals surface area (Å²) in [5, 5.41) is 3.07. The lowest BCUT2D eigenvalue weighted by Crippen LogP contribution is -2.53. The van der Waals surface area contributed by atoms with Crippen molar-refractivity contribution in [1.29, 1.82) is 0 Å². The summed E-state index contributed by atoms with van der Waals surface area (Å²) in [5.41, 5.74) is -0.422. The number of rotatable bonds is 3. The molecule has 5 heteroatoms. The molecule has 2 fully saturated rings. The summed E-state index contributed by atoms with van der Waals surface area (Å²) in [7, 11) is 0. The van der Waals surface area contributed by atoms with E-state index in [1.54, 1.807) is 0 Å². The van der Waals surface area contributed by atoms with E-state index in [2.05, 4.69) is 22.0 Å². The van der Waals surface area contributed by atoms with Crippen molar-refractivity contribution in [1.82, 2.24) is 15.1 Å². The lowest BCUT2D eigenvalue weighted by molar-refractivity contribution is 0.0436. The van der Waals surface area contributed by atoms with Crippen molar-refractivity contribution in [3.63, 3.8) is 0 Å². The lowest BCUT2D eigenvalue weighted by Gasteiger charge is -2.42. The second-order valence-electron chi connectivity index (χ2n) is 7.63. The van der Waals surface area contributed by atoms with E-state index in [-0.39, 0.29) is 12.1 Å². The minimum Gasteiger partial charge on any atom is -0.444 e. The number of alkyl carbamates (subject to hydrolysis) is 1. The number of likely N-dealkylation sites (N-methyl/N-ethyl adjacent to an activating group) is 1. The van der Waals surface area contributed by atoms with Gasteiger partial charge in [-0.3, -0.25) is 4.90 Å². The first-order valence-electron chi connectivity index (χ1n) is 8.83. The van der Waals surface area contributed by atoms with E-state index in [1.807, 2.05) is 20.8 Å². The van der Waals surface area contributed by atoms with Crippen LogP contribution in [-0.2, 0) is 4.74 Å². The second-order valence-corrected chi connectivity index (χ2v) is 7.63. The molecule has 22 heavy (non-hydrogen) atoms. The van der Waals surface area contributed by atoms with Crippen LogP contribution >= 0.6 is 0 Å². The van der Waals surface area contributed by atoms with Crippen LogP contribution < -0.4 is 5.32 Å². The van der Waals surface area contributed by atoms with Crippen molar-refractivity contribution in [3.8, 4) is 0 Å². The van der Waals surface area contributed by atoms with E-state index in [0.29, 0.717) is 6.04 Å². The van der Waals surface area contributed by atoms with Gasteiger partial charge in [0.15, 0.2) is 0 Å². The number of ether oxygens (including phenoxy) is 1. The van der Waals surface area contributed by atoms with Gasteiger partial charge >= 0.3 is 6.09 Å². The molecule has 2 aliphatic rings. The Morgan fingerprint density at radius 2 is 1.86 bits per heavy atom. The smallest absolute Gasteiger partial charge is 0.407 e. The molecule has 1 N–H and O–H groups in total. The van der Waals surface area contributed by atoms with Gasteiger partial charge in [-0.05, 0) is 53.0 Å². The zero-order valence-corrected chi connectivity index (χ0v) is 14.7. The maximum atomic E-state index is 11.9. The average molecular weight is 311 g/mol. The Labute approximate surface area is 135 Å². The monoisotopic (exact) mass is 311 g/mol. The van der Waals surface area contributed by atoms with Crippen molar-refractivity contribution in [2.24, 2.45) is 0 Å². The molecule has 0 aromatic heterocycles. The molecule has 0 bridgehead atoms. The lowest BCUT2D eigenvalue weighted by atomic mass is 9.89. The summed E-state index contributed by atoms with van der Waals surface area (Å²) < 4.78 is 5.38. The highest BCUT2D eigenvalue weighted by atomic mass is 16.6. The van der Waals surface area contributed by atoms with Gasteiger partial charge in [-0.25, -0.2) is 4.79 Å². The van der Waals surface area contributed by atoms with Crippen LogP contribution in [0.2, 0.25) is 0 Å². The molecule has 5 nitrogen and oxygen atoms in total. The third-order valence-electron chi connectivity index (χ3n) is 4.74. The highest BCUT2D eigenvalue weighted by Gasteiger charge is 2.30. The first-order chi connectivity index (χ1) is 10.4. The van der Waals surface area contributed by atoms with Crippen LogP contribution in [0.15, 0.2) is 0 Å². The Kier molecular flexibility index (Phi) is 6.09. The topological polar surface area (TPSA) is 44.8 Å². The fraction of sp³-hybridized carbons (Fsp3) is 0.941. The van der Waals surface area contributed by atoms with Crippen LogP contribution in [0.5, 0.6) is 0 Å². The first-order valence-corrected chi connectivity index (χ1v) is 8.83. The predicted octanol–water partition coefficient (Wildman–Crippen LogP) is 2.46. The molecule has 1 saturated carbocycles. The van der Waals surface area contributed by atoms with Crippen molar-refractivity contribution in [2.75, 3.05) is 32.7 Å². The number of piperazine rings is 1. The van der Waals surface area contributed by atoms with Crippen molar-refractivity contribution in [2.45, 2.75) is 71.1 Å². The van der Waals surface area contributed by atoms with Gasteiger partial charge in [0.05, 0.1) is 0 Å². The summed E-state index contributed by atoms with van der Waals surface area (Å²) in [4.78, 5) is 17.1. The first kappa shape index (κ1) is 17.5. The van der Waals surface area contributed by atoms with E-state index >= 15 is 0 Å². The normalized spacial score (nSPS) is 28.4. The third-order valence-corrected chi connectivity index (χ3v) is 4.74. The summed E-state index contributed by atoms with van der Waals surface area (Å²) in [6.45, 7) is 13.8. The molecule has 1 aliphatic carbocycles. The molecule has 2 atom stereocenters. The van der Waals surface area contributed by atoms with Crippen LogP contribution in [0, 0.1) is 0 Å². The van der Waals surface area contributed by atoms with Gasteiger partial charge in [-0.1, -0.05) is 6.92 Å². The Bertz CT molecular complexity index is 359. The molecule has 2 rings (SSSR count). The number of hydrogen-bond acceptors (Lipinski definition) is 4. The van der Waals surface area contributed by atoms with Crippen LogP contribution in [0.1, 0.15) is 53.4 Å². The van der Waals surface area contributed by atoms with E-state index in [4.69, 9.17) is 4.74 Å². The minimum absolute atomic E-state index is 0.262. The zero-order chi connectivity index (χ0) is 16.2. The molecule has 128 valence electrons. The molecule has 1 amide bonds. The number of hydrogen-bond donors (Lipinski definition) is 1. The van der Waals surface area contributed by atoms with Crippen LogP contribution in [0.3, 0.4) is 0 Å². The fourth-order valence-corrected chi connectivity index (χ4v) is 3.55. The second kappa shape index (κ2) is 7.64. The van der Waals surface area contributed by atoms with Gasteiger partial charge in [0, 0.05) is 38.3 Å². The van der Waals surface area contributed by atoms with E-state index < -0.39 is 5.60 Å². The standard InChI is InChI=1S/C17H33N3O2/c1-5-19-9-11-20(12-10-19)15-8-6-7-14(13-15)18-16(21)22-17(2,3)4/h14-15H,5-13H2,1-4H3,(H,18,21)/t14?,15-/m1/s1. The summed E-state index contributed by atoms with van der Waals surface area (Å²) in [6, 6.07) is 0.880. The number of nitrogens with zero attached hydrogens (tertiary/aromatic N) is 2. The van der Waals surface area contributed by atoms with E-state index in [0.717, 1.165) is 32.5 Å². The highest BCUT2D eigenvalue weighted by Crippen LogP contribution is 2.24. The Morgan fingerprint density at radius 1 is 1.18 bits per heavy atom. The molecule has 0 spiro atoms. The zero-order valence-electron chi connectivity index (χ0n) is 14.7. The van der Waals surface area contributed by atoms with Crippen LogP contribution in [-0.4, -0.2) is 66.3 Å². The molecule has 0 radical (unpaired) electrons. The Morgan fingerprint density at radius 3 is 2.45 bits per heavy atom. The SMILES string of the molecule is CCN1CCN([C@@H]2CCCC(NC(=O)OC(C)(C)C)C2)CC1. The molecular formula is C17H33N3O2. The molecule has 0 aromatic carbocycles. The van der Waals surface area contributed by atoms with Gasteiger partial charge in [0.2, 0.25) is 0 Å². The number of nitrogens with one attached hydrogen (secondary N) is 1. The predicted molar refractivity (Wildman–Crippen MR) is 89.1 cm³/mol.